The van der Waals surface area contributed by atoms with Crippen molar-refractivity contribution in [2.45, 2.75) is 14.7 Å². The van der Waals surface area contributed by atoms with Gasteiger partial charge >= 0.3 is 5.97 Å². The monoisotopic (exact) mass is 618 g/mol. The van der Waals surface area contributed by atoms with Gasteiger partial charge in [-0.15, -0.1) is 0 Å². The van der Waals surface area contributed by atoms with E-state index in [2.05, 4.69) is 4.72 Å². The molecule has 0 aliphatic carbocycles. The molecule has 1 aliphatic heterocycles. The molecule has 1 amide bonds. The molecule has 5 rings (SSSR count). The van der Waals surface area contributed by atoms with Crippen molar-refractivity contribution in [2.75, 3.05) is 16.2 Å². The number of halogens is 3. The Kier molecular flexibility index (Phi) is 7.80. The molecule has 0 fully saturated rings. The molecule has 0 atom stereocenters. The molecule has 4 aromatic carbocycles. The van der Waals surface area contributed by atoms with Crippen molar-refractivity contribution >= 4 is 85.5 Å². The Balaban J connectivity index is 1.36. The van der Waals surface area contributed by atoms with Crippen molar-refractivity contribution in [3.05, 3.63) is 106 Å². The number of esters is 1. The minimum Gasteiger partial charge on any atom is -0.452 e. The Labute approximate surface area is 243 Å². The summed E-state index contributed by atoms with van der Waals surface area (Å²) in [6, 6.07) is 22.7. The number of sulfonamides is 1. The van der Waals surface area contributed by atoms with E-state index in [1.165, 1.54) is 47.0 Å². The van der Waals surface area contributed by atoms with Crippen LogP contribution in [-0.4, -0.2) is 26.9 Å². The first kappa shape index (κ1) is 27.4. The summed E-state index contributed by atoms with van der Waals surface area (Å²) >= 11 is 19.7. The molecular formula is C27H17Cl3N2O5S2. The number of para-hydroxylation sites is 2. The number of benzene rings is 4. The Hall–Kier alpha value is -3.21. The summed E-state index contributed by atoms with van der Waals surface area (Å²) < 4.78 is 33.7. The highest BCUT2D eigenvalue weighted by atomic mass is 35.5. The summed E-state index contributed by atoms with van der Waals surface area (Å²) in [6.45, 7) is -0.576. The molecule has 12 heteroatoms. The predicted molar refractivity (Wildman–Crippen MR) is 153 cm³/mol. The fourth-order valence-corrected chi connectivity index (χ4v) is 6.91. The number of amides is 1. The van der Waals surface area contributed by atoms with E-state index >= 15 is 0 Å². The van der Waals surface area contributed by atoms with E-state index in [-0.39, 0.29) is 31.2 Å². The fourth-order valence-electron chi connectivity index (χ4n) is 3.86. The van der Waals surface area contributed by atoms with E-state index < -0.39 is 28.5 Å². The Morgan fingerprint density at radius 3 is 2.10 bits per heavy atom. The lowest BCUT2D eigenvalue weighted by atomic mass is 10.2. The second-order valence-electron chi connectivity index (χ2n) is 8.22. The number of hydrogen-bond donors (Lipinski definition) is 1. The van der Waals surface area contributed by atoms with Crippen LogP contribution in [0.3, 0.4) is 0 Å². The zero-order valence-corrected chi connectivity index (χ0v) is 23.6. The lowest BCUT2D eigenvalue weighted by Gasteiger charge is -2.30. The van der Waals surface area contributed by atoms with Crippen LogP contribution >= 0.6 is 46.6 Å². The number of hydrogen-bond acceptors (Lipinski definition) is 6. The number of ether oxygens (including phenoxy) is 1. The van der Waals surface area contributed by atoms with Crippen LogP contribution < -0.4 is 9.62 Å². The van der Waals surface area contributed by atoms with Crippen LogP contribution in [0.2, 0.25) is 15.1 Å². The molecule has 0 saturated heterocycles. The largest absolute Gasteiger partial charge is 0.452 e. The van der Waals surface area contributed by atoms with Crippen molar-refractivity contribution in [3.8, 4) is 0 Å². The average Bonchev–Trinajstić information content (AvgIpc) is 2.92. The van der Waals surface area contributed by atoms with Gasteiger partial charge in [-0.3, -0.25) is 14.4 Å². The molecule has 1 heterocycles. The third-order valence-electron chi connectivity index (χ3n) is 5.64. The first-order chi connectivity index (χ1) is 18.6. The maximum absolute atomic E-state index is 13.3. The van der Waals surface area contributed by atoms with Crippen LogP contribution in [-0.2, 0) is 19.6 Å². The van der Waals surface area contributed by atoms with Crippen LogP contribution in [0.5, 0.6) is 0 Å². The van der Waals surface area contributed by atoms with Gasteiger partial charge in [0.15, 0.2) is 6.61 Å². The third-order valence-corrected chi connectivity index (χ3v) is 9.18. The van der Waals surface area contributed by atoms with Gasteiger partial charge in [0.1, 0.15) is 4.90 Å². The quantitative estimate of drug-likeness (QED) is 0.226. The number of anilines is 3. The molecular weight excluding hydrogens is 603 g/mol. The number of carbonyl (C=O) groups is 2. The van der Waals surface area contributed by atoms with E-state index in [1.807, 2.05) is 48.5 Å². The number of fused-ring (bicyclic) bond motifs is 2. The molecule has 0 spiro atoms. The van der Waals surface area contributed by atoms with Gasteiger partial charge in [-0.1, -0.05) is 70.8 Å². The van der Waals surface area contributed by atoms with Gasteiger partial charge < -0.3 is 4.74 Å². The van der Waals surface area contributed by atoms with Crippen molar-refractivity contribution in [1.82, 2.24) is 0 Å². The van der Waals surface area contributed by atoms with Crippen molar-refractivity contribution in [2.24, 2.45) is 0 Å². The molecule has 0 radical (unpaired) electrons. The molecule has 39 heavy (non-hydrogen) atoms. The maximum Gasteiger partial charge on any atom is 0.338 e. The van der Waals surface area contributed by atoms with Gasteiger partial charge in [0, 0.05) is 14.8 Å². The van der Waals surface area contributed by atoms with Crippen LogP contribution in [0, 0.1) is 0 Å². The second kappa shape index (κ2) is 11.1. The summed E-state index contributed by atoms with van der Waals surface area (Å²) in [5.74, 6) is -1.37. The lowest BCUT2D eigenvalue weighted by molar-refractivity contribution is -0.121. The topological polar surface area (TPSA) is 92.8 Å². The SMILES string of the molecule is O=C(OCC(=O)N1c2ccccc2Sc2ccccc21)c1ccc(Cl)c(S(=O)(=O)Nc2cc(Cl)ccc2Cl)c1. The van der Waals surface area contributed by atoms with Gasteiger partial charge in [0.25, 0.3) is 15.9 Å². The van der Waals surface area contributed by atoms with E-state index in [9.17, 15) is 18.0 Å². The standard InChI is InChI=1S/C27H17Cl3N2O5S2/c28-17-10-12-18(29)20(14-17)31-39(35,36)25-13-16(9-11-19(25)30)27(34)37-15-26(33)32-21-5-1-3-7-23(21)38-24-8-4-2-6-22(24)32/h1-14,31H,15H2. The van der Waals surface area contributed by atoms with Gasteiger partial charge in [-0.05, 0) is 60.7 Å². The molecule has 0 aromatic heterocycles. The van der Waals surface area contributed by atoms with Crippen LogP contribution in [0.4, 0.5) is 17.1 Å². The lowest BCUT2D eigenvalue weighted by Crippen LogP contribution is -2.32. The molecule has 0 bridgehead atoms. The van der Waals surface area contributed by atoms with E-state index in [0.717, 1.165) is 15.9 Å². The average molecular weight is 620 g/mol. The van der Waals surface area contributed by atoms with Crippen molar-refractivity contribution in [3.63, 3.8) is 0 Å². The summed E-state index contributed by atoms with van der Waals surface area (Å²) in [4.78, 5) is 29.1. The summed E-state index contributed by atoms with van der Waals surface area (Å²) in [5, 5.41) is 0.252. The van der Waals surface area contributed by atoms with E-state index in [1.54, 1.807) is 0 Å². The highest BCUT2D eigenvalue weighted by Crippen LogP contribution is 2.47. The number of nitrogens with one attached hydrogen (secondary N) is 1. The van der Waals surface area contributed by atoms with Gasteiger partial charge in [0.05, 0.1) is 32.7 Å². The van der Waals surface area contributed by atoms with E-state index in [0.29, 0.717) is 11.4 Å². The minimum atomic E-state index is -4.26. The number of rotatable bonds is 6. The molecule has 4 aromatic rings. The molecule has 0 unspecified atom stereocenters. The smallest absolute Gasteiger partial charge is 0.338 e. The normalized spacial score (nSPS) is 12.3. The molecule has 1 aliphatic rings. The minimum absolute atomic E-state index is 0.0408. The summed E-state index contributed by atoms with van der Waals surface area (Å²) in [6.07, 6.45) is 0. The summed E-state index contributed by atoms with van der Waals surface area (Å²) in [5.41, 5.74) is 1.28. The van der Waals surface area contributed by atoms with Crippen LogP contribution in [0.1, 0.15) is 10.4 Å². The Morgan fingerprint density at radius 1 is 0.821 bits per heavy atom. The highest BCUT2D eigenvalue weighted by Gasteiger charge is 2.29. The molecule has 198 valence electrons. The molecule has 1 N–H and O–H groups in total. The third kappa shape index (κ3) is 5.73. The summed E-state index contributed by atoms with van der Waals surface area (Å²) in [7, 11) is -4.26. The number of carbonyl (C=O) groups excluding carboxylic acids is 2. The molecule has 7 nitrogen and oxygen atoms in total. The Morgan fingerprint density at radius 2 is 1.44 bits per heavy atom. The Bertz CT molecular complexity index is 1690. The zero-order chi connectivity index (χ0) is 27.7. The van der Waals surface area contributed by atoms with Gasteiger partial charge in [-0.2, -0.15) is 0 Å². The van der Waals surface area contributed by atoms with E-state index in [4.69, 9.17) is 39.5 Å². The van der Waals surface area contributed by atoms with Crippen LogP contribution in [0.15, 0.2) is 99.6 Å². The maximum atomic E-state index is 13.3. The highest BCUT2D eigenvalue weighted by molar-refractivity contribution is 7.99. The van der Waals surface area contributed by atoms with Gasteiger partial charge in [-0.25, -0.2) is 13.2 Å². The van der Waals surface area contributed by atoms with Crippen LogP contribution in [0.25, 0.3) is 0 Å². The zero-order valence-electron chi connectivity index (χ0n) is 19.7. The first-order valence-corrected chi connectivity index (χ1v) is 14.7. The van der Waals surface area contributed by atoms with Gasteiger partial charge in [0.2, 0.25) is 0 Å². The fraction of sp³-hybridized carbons (Fsp3) is 0.0370. The van der Waals surface area contributed by atoms with Crippen molar-refractivity contribution < 1.29 is 22.7 Å². The van der Waals surface area contributed by atoms with Crippen molar-refractivity contribution in [1.29, 1.82) is 0 Å². The first-order valence-electron chi connectivity index (χ1n) is 11.3. The number of nitrogens with zero attached hydrogens (tertiary/aromatic N) is 1. The molecule has 0 saturated carbocycles. The predicted octanol–water partition coefficient (Wildman–Crippen LogP) is 7.43. The second-order valence-corrected chi connectivity index (χ2v) is 12.2.